The minimum atomic E-state index is -0.774. The summed E-state index contributed by atoms with van der Waals surface area (Å²) in [6, 6.07) is 7.31. The van der Waals surface area contributed by atoms with Gasteiger partial charge in [-0.15, -0.1) is 0 Å². The van der Waals surface area contributed by atoms with E-state index >= 15 is 0 Å². The van der Waals surface area contributed by atoms with Crippen molar-refractivity contribution in [2.24, 2.45) is 5.92 Å². The third-order valence-electron chi connectivity index (χ3n) is 4.43. The van der Waals surface area contributed by atoms with Gasteiger partial charge in [-0.25, -0.2) is 4.98 Å². The highest BCUT2D eigenvalue weighted by Crippen LogP contribution is 2.31. The molecular weight excluding hydrogens is 334 g/mol. The lowest BCUT2D eigenvalue weighted by Gasteiger charge is -2.32. The van der Waals surface area contributed by atoms with Crippen LogP contribution >= 0.6 is 0 Å². The van der Waals surface area contributed by atoms with Gasteiger partial charge in [0.1, 0.15) is 5.82 Å². The van der Waals surface area contributed by atoms with Crippen LogP contribution in [-0.2, 0) is 4.79 Å². The van der Waals surface area contributed by atoms with Crippen LogP contribution in [0.25, 0.3) is 22.8 Å². The molecule has 1 unspecified atom stereocenters. The zero-order chi connectivity index (χ0) is 17.9. The summed E-state index contributed by atoms with van der Waals surface area (Å²) in [5, 5.41) is 13.4. The van der Waals surface area contributed by atoms with Crippen LogP contribution in [0.4, 0.5) is 5.82 Å². The third-order valence-corrected chi connectivity index (χ3v) is 4.43. The van der Waals surface area contributed by atoms with Crippen molar-refractivity contribution in [1.82, 2.24) is 20.1 Å². The first kappa shape index (κ1) is 16.2. The minimum Gasteiger partial charge on any atom is -0.481 e. The third kappa shape index (κ3) is 3.13. The first-order valence-corrected chi connectivity index (χ1v) is 8.39. The number of aromatic nitrogens is 4. The summed E-state index contributed by atoms with van der Waals surface area (Å²) in [6.45, 7) is 1.17. The molecule has 1 aliphatic heterocycles. The van der Waals surface area contributed by atoms with Crippen LogP contribution in [-0.4, -0.2) is 44.3 Å². The van der Waals surface area contributed by atoms with Gasteiger partial charge in [-0.05, 0) is 37.1 Å². The summed E-state index contributed by atoms with van der Waals surface area (Å²) in [7, 11) is 0. The molecule has 3 aromatic heterocycles. The molecule has 0 radical (unpaired) electrons. The van der Waals surface area contributed by atoms with E-state index in [0.29, 0.717) is 36.1 Å². The molecule has 8 heteroatoms. The van der Waals surface area contributed by atoms with E-state index in [4.69, 9.17) is 4.52 Å². The lowest BCUT2D eigenvalue weighted by Crippen LogP contribution is -2.39. The number of nitrogens with zero attached hydrogens (tertiary/aromatic N) is 5. The zero-order valence-corrected chi connectivity index (χ0v) is 13.9. The summed E-state index contributed by atoms with van der Waals surface area (Å²) in [4.78, 5) is 26.3. The second kappa shape index (κ2) is 6.91. The Bertz CT molecular complexity index is 912. The monoisotopic (exact) mass is 351 g/mol. The van der Waals surface area contributed by atoms with E-state index < -0.39 is 11.9 Å². The smallest absolute Gasteiger partial charge is 0.308 e. The van der Waals surface area contributed by atoms with Crippen LogP contribution in [0.1, 0.15) is 12.8 Å². The van der Waals surface area contributed by atoms with E-state index in [1.54, 1.807) is 30.7 Å². The van der Waals surface area contributed by atoms with E-state index in [9.17, 15) is 9.90 Å². The topological polar surface area (TPSA) is 105 Å². The van der Waals surface area contributed by atoms with Gasteiger partial charge in [0, 0.05) is 37.2 Å². The number of piperidine rings is 1. The van der Waals surface area contributed by atoms with E-state index in [2.05, 4.69) is 20.1 Å². The molecule has 1 aliphatic rings. The van der Waals surface area contributed by atoms with Crippen molar-refractivity contribution in [1.29, 1.82) is 0 Å². The number of carboxylic acid groups (broad SMARTS) is 1. The van der Waals surface area contributed by atoms with Crippen LogP contribution in [0.5, 0.6) is 0 Å². The quantitative estimate of drug-likeness (QED) is 0.764. The molecule has 26 heavy (non-hydrogen) atoms. The minimum absolute atomic E-state index is 0.351. The van der Waals surface area contributed by atoms with Crippen molar-refractivity contribution in [2.45, 2.75) is 12.8 Å². The molecule has 8 nitrogen and oxygen atoms in total. The average Bonchev–Trinajstić information content (AvgIpc) is 3.19. The highest BCUT2D eigenvalue weighted by atomic mass is 16.5. The van der Waals surface area contributed by atoms with Crippen LogP contribution in [0.15, 0.2) is 47.4 Å². The van der Waals surface area contributed by atoms with Crippen molar-refractivity contribution in [3.63, 3.8) is 0 Å². The Morgan fingerprint density at radius 1 is 1.27 bits per heavy atom. The molecule has 4 heterocycles. The standard InChI is InChI=1S/C18H17N5O3/c24-18(25)13-5-3-9-23(11-13)16-14(6-2-8-20-16)17-21-15(22-26-17)12-4-1-7-19-10-12/h1-2,4,6-8,10,13H,3,5,9,11H2,(H,24,25). The predicted octanol–water partition coefficient (Wildman–Crippen LogP) is 2.49. The van der Waals surface area contributed by atoms with Crippen molar-refractivity contribution in [3.05, 3.63) is 42.9 Å². The van der Waals surface area contributed by atoms with Crippen molar-refractivity contribution >= 4 is 11.8 Å². The zero-order valence-electron chi connectivity index (χ0n) is 13.9. The largest absolute Gasteiger partial charge is 0.481 e. The maximum absolute atomic E-state index is 11.4. The molecule has 0 amide bonds. The highest BCUT2D eigenvalue weighted by Gasteiger charge is 2.28. The lowest BCUT2D eigenvalue weighted by molar-refractivity contribution is -0.141. The number of pyridine rings is 2. The summed E-state index contributed by atoms with van der Waals surface area (Å²) < 4.78 is 5.44. The molecule has 1 saturated heterocycles. The number of hydrogen-bond acceptors (Lipinski definition) is 7. The summed E-state index contributed by atoms with van der Waals surface area (Å²) >= 11 is 0. The molecule has 4 rings (SSSR count). The maximum atomic E-state index is 11.4. The van der Waals surface area contributed by atoms with Gasteiger partial charge in [0.2, 0.25) is 5.82 Å². The Hall–Kier alpha value is -3.29. The number of anilines is 1. The molecule has 0 saturated carbocycles. The fourth-order valence-electron chi connectivity index (χ4n) is 3.13. The number of carbonyl (C=O) groups is 1. The Morgan fingerprint density at radius 2 is 2.15 bits per heavy atom. The first-order valence-electron chi connectivity index (χ1n) is 8.39. The Kier molecular flexibility index (Phi) is 4.30. The molecule has 1 atom stereocenters. The molecule has 0 spiro atoms. The maximum Gasteiger partial charge on any atom is 0.308 e. The fraction of sp³-hybridized carbons (Fsp3) is 0.278. The van der Waals surface area contributed by atoms with Gasteiger partial charge >= 0.3 is 5.97 Å². The van der Waals surface area contributed by atoms with Gasteiger partial charge in [0.05, 0.1) is 11.5 Å². The SMILES string of the molecule is O=C(O)C1CCCN(c2ncccc2-c2nc(-c3cccnc3)no2)C1. The van der Waals surface area contributed by atoms with Crippen LogP contribution in [0.2, 0.25) is 0 Å². The second-order valence-corrected chi connectivity index (χ2v) is 6.16. The molecular formula is C18H17N5O3. The number of hydrogen-bond donors (Lipinski definition) is 1. The van der Waals surface area contributed by atoms with Gasteiger partial charge in [0.25, 0.3) is 5.89 Å². The summed E-state index contributed by atoms with van der Waals surface area (Å²) in [5.41, 5.74) is 1.46. The van der Waals surface area contributed by atoms with Crippen molar-refractivity contribution in [3.8, 4) is 22.8 Å². The highest BCUT2D eigenvalue weighted by molar-refractivity contribution is 5.74. The first-order chi connectivity index (χ1) is 12.7. The van der Waals surface area contributed by atoms with Crippen LogP contribution in [0, 0.1) is 5.92 Å². The van der Waals surface area contributed by atoms with E-state index in [0.717, 1.165) is 18.5 Å². The normalized spacial score (nSPS) is 17.2. The van der Waals surface area contributed by atoms with Crippen molar-refractivity contribution < 1.29 is 14.4 Å². The number of rotatable bonds is 4. The lowest BCUT2D eigenvalue weighted by atomic mass is 9.98. The molecule has 132 valence electrons. The molecule has 1 N–H and O–H groups in total. The fourth-order valence-corrected chi connectivity index (χ4v) is 3.13. The Balaban J connectivity index is 1.66. The van der Waals surface area contributed by atoms with Crippen LogP contribution < -0.4 is 4.90 Å². The van der Waals surface area contributed by atoms with E-state index in [1.807, 2.05) is 17.0 Å². The van der Waals surface area contributed by atoms with Gasteiger partial charge in [0.15, 0.2) is 0 Å². The molecule has 0 aliphatic carbocycles. The Morgan fingerprint density at radius 3 is 2.96 bits per heavy atom. The van der Waals surface area contributed by atoms with Crippen LogP contribution in [0.3, 0.4) is 0 Å². The second-order valence-electron chi connectivity index (χ2n) is 6.16. The van der Waals surface area contributed by atoms with E-state index in [1.165, 1.54) is 0 Å². The molecule has 3 aromatic rings. The molecule has 0 bridgehead atoms. The van der Waals surface area contributed by atoms with Crippen molar-refractivity contribution in [2.75, 3.05) is 18.0 Å². The predicted molar refractivity (Wildman–Crippen MR) is 93.3 cm³/mol. The van der Waals surface area contributed by atoms with Gasteiger partial charge in [-0.2, -0.15) is 4.98 Å². The van der Waals surface area contributed by atoms with Gasteiger partial charge in [-0.3, -0.25) is 9.78 Å². The number of carboxylic acids is 1. The van der Waals surface area contributed by atoms with E-state index in [-0.39, 0.29) is 0 Å². The van der Waals surface area contributed by atoms with Gasteiger partial charge < -0.3 is 14.5 Å². The Labute approximate surface area is 149 Å². The average molecular weight is 351 g/mol. The number of aliphatic carboxylic acids is 1. The molecule has 0 aromatic carbocycles. The molecule has 1 fully saturated rings. The summed E-state index contributed by atoms with van der Waals surface area (Å²) in [6.07, 6.45) is 6.51. The van der Waals surface area contributed by atoms with Gasteiger partial charge in [-0.1, -0.05) is 5.16 Å². The summed E-state index contributed by atoms with van der Waals surface area (Å²) in [5.74, 6) is 0.297.